The highest BCUT2D eigenvalue weighted by molar-refractivity contribution is 7.91. The Morgan fingerprint density at radius 3 is 2.65 bits per heavy atom. The minimum Gasteiger partial charge on any atom is -0.376 e. The predicted molar refractivity (Wildman–Crippen MR) is 75.2 cm³/mol. The van der Waals surface area contributed by atoms with Crippen molar-refractivity contribution in [3.8, 4) is 6.07 Å². The first-order chi connectivity index (χ1) is 9.29. The molecule has 1 rings (SSSR count). The van der Waals surface area contributed by atoms with E-state index in [1.54, 1.807) is 13.8 Å². The highest BCUT2D eigenvalue weighted by Gasteiger charge is 2.19. The summed E-state index contributed by atoms with van der Waals surface area (Å²) in [4.78, 5) is 10.3. The third kappa shape index (κ3) is 4.20. The first kappa shape index (κ1) is 15.9. The molecule has 0 radical (unpaired) electrons. The molecule has 0 heterocycles. The molecule has 0 spiro atoms. The third-order valence-electron chi connectivity index (χ3n) is 2.67. The molecule has 0 saturated carbocycles. The Balaban J connectivity index is 2.98. The van der Waals surface area contributed by atoms with E-state index in [4.69, 9.17) is 5.26 Å². The molecular weight excluding hydrogens is 282 g/mol. The van der Waals surface area contributed by atoms with Gasteiger partial charge in [-0.3, -0.25) is 10.1 Å². The largest absolute Gasteiger partial charge is 0.376 e. The minimum absolute atomic E-state index is 0.0223. The van der Waals surface area contributed by atoms with Crippen LogP contribution in [0.25, 0.3) is 0 Å². The zero-order chi connectivity index (χ0) is 15.3. The lowest BCUT2D eigenvalue weighted by molar-refractivity contribution is -0.384. The van der Waals surface area contributed by atoms with Gasteiger partial charge in [-0.05, 0) is 19.1 Å². The Labute approximate surface area is 117 Å². The maximum Gasteiger partial charge on any atom is 0.293 e. The molecule has 0 saturated heterocycles. The van der Waals surface area contributed by atoms with E-state index in [0.717, 1.165) is 6.07 Å². The van der Waals surface area contributed by atoms with Crippen molar-refractivity contribution in [2.45, 2.75) is 19.9 Å². The zero-order valence-electron chi connectivity index (χ0n) is 11.2. The molecule has 0 amide bonds. The van der Waals surface area contributed by atoms with Crippen LogP contribution in [0.1, 0.15) is 19.4 Å². The van der Waals surface area contributed by atoms with Crippen LogP contribution in [0.15, 0.2) is 18.2 Å². The second-order valence-electron chi connectivity index (χ2n) is 4.35. The van der Waals surface area contributed by atoms with E-state index in [-0.39, 0.29) is 28.4 Å². The molecule has 1 N–H and O–H groups in total. The fraction of sp³-hybridized carbons (Fsp3) is 0.417. The van der Waals surface area contributed by atoms with Crippen molar-refractivity contribution in [2.24, 2.45) is 0 Å². The van der Waals surface area contributed by atoms with Crippen molar-refractivity contribution < 1.29 is 13.3 Å². The maximum atomic E-state index is 11.5. The fourth-order valence-electron chi connectivity index (χ4n) is 1.68. The number of nitrogens with one attached hydrogen (secondary N) is 1. The Bertz CT molecular complexity index is 649. The summed E-state index contributed by atoms with van der Waals surface area (Å²) in [6.45, 7) is 3.18. The van der Waals surface area contributed by atoms with Crippen LogP contribution in [-0.2, 0) is 9.84 Å². The van der Waals surface area contributed by atoms with Crippen LogP contribution >= 0.6 is 0 Å². The number of nitro benzene ring substituents is 1. The molecule has 0 aliphatic heterocycles. The van der Waals surface area contributed by atoms with E-state index >= 15 is 0 Å². The molecule has 0 aliphatic rings. The van der Waals surface area contributed by atoms with Crippen LogP contribution in [0.4, 0.5) is 11.4 Å². The summed E-state index contributed by atoms with van der Waals surface area (Å²) < 4.78 is 23.0. The van der Waals surface area contributed by atoms with E-state index in [9.17, 15) is 18.5 Å². The smallest absolute Gasteiger partial charge is 0.293 e. The van der Waals surface area contributed by atoms with Crippen LogP contribution in [0.2, 0.25) is 0 Å². The van der Waals surface area contributed by atoms with Crippen molar-refractivity contribution in [3.05, 3.63) is 33.9 Å². The van der Waals surface area contributed by atoms with Gasteiger partial charge in [-0.2, -0.15) is 5.26 Å². The van der Waals surface area contributed by atoms with Crippen molar-refractivity contribution >= 4 is 21.2 Å². The SMILES string of the molecule is CCS(=O)(=O)CC(C)Nc1ccc(C#N)cc1[N+](=O)[O-]. The van der Waals surface area contributed by atoms with Crippen molar-refractivity contribution in [3.63, 3.8) is 0 Å². The van der Waals surface area contributed by atoms with E-state index in [2.05, 4.69) is 5.32 Å². The average Bonchev–Trinajstić information content (AvgIpc) is 2.38. The molecule has 20 heavy (non-hydrogen) atoms. The van der Waals surface area contributed by atoms with E-state index in [0.29, 0.717) is 0 Å². The number of sulfone groups is 1. The third-order valence-corrected chi connectivity index (χ3v) is 4.56. The highest BCUT2D eigenvalue weighted by Crippen LogP contribution is 2.26. The van der Waals surface area contributed by atoms with Gasteiger partial charge in [-0.25, -0.2) is 8.42 Å². The van der Waals surface area contributed by atoms with Crippen LogP contribution in [0.3, 0.4) is 0 Å². The summed E-state index contributed by atoms with van der Waals surface area (Å²) >= 11 is 0. The van der Waals surface area contributed by atoms with E-state index in [1.807, 2.05) is 6.07 Å². The second kappa shape index (κ2) is 6.34. The zero-order valence-corrected chi connectivity index (χ0v) is 12.0. The molecule has 1 atom stereocenters. The van der Waals surface area contributed by atoms with Crippen molar-refractivity contribution in [1.29, 1.82) is 5.26 Å². The Morgan fingerprint density at radius 2 is 2.15 bits per heavy atom. The minimum atomic E-state index is -3.17. The summed E-state index contributed by atoms with van der Waals surface area (Å²) in [5.41, 5.74) is 0.133. The monoisotopic (exact) mass is 297 g/mol. The first-order valence-corrected chi connectivity index (χ1v) is 7.76. The summed E-state index contributed by atoms with van der Waals surface area (Å²) in [6.07, 6.45) is 0. The molecule has 0 aromatic heterocycles. The molecule has 1 aromatic carbocycles. The average molecular weight is 297 g/mol. The van der Waals surface area contributed by atoms with Gasteiger partial charge in [0.05, 0.1) is 22.3 Å². The van der Waals surface area contributed by atoms with Crippen LogP contribution in [-0.4, -0.2) is 30.9 Å². The van der Waals surface area contributed by atoms with Crippen molar-refractivity contribution in [2.75, 3.05) is 16.8 Å². The van der Waals surface area contributed by atoms with Crippen molar-refractivity contribution in [1.82, 2.24) is 0 Å². The van der Waals surface area contributed by atoms with E-state index in [1.165, 1.54) is 12.1 Å². The first-order valence-electron chi connectivity index (χ1n) is 5.94. The van der Waals surface area contributed by atoms with Gasteiger partial charge in [0.1, 0.15) is 5.69 Å². The van der Waals surface area contributed by atoms with Gasteiger partial charge in [0.25, 0.3) is 5.69 Å². The Kier molecular flexibility index (Phi) is 5.05. The standard InChI is InChI=1S/C12H15N3O4S/c1-3-20(18,19)8-9(2)14-11-5-4-10(7-13)6-12(11)15(16)17/h4-6,9,14H,3,8H2,1-2H3. The molecule has 0 aliphatic carbocycles. The second-order valence-corrected chi connectivity index (χ2v) is 6.74. The van der Waals surface area contributed by atoms with E-state index < -0.39 is 20.8 Å². The fourth-order valence-corrected chi connectivity index (χ4v) is 2.76. The van der Waals surface area contributed by atoms with Gasteiger partial charge in [0.15, 0.2) is 9.84 Å². The maximum absolute atomic E-state index is 11.5. The lowest BCUT2D eigenvalue weighted by atomic mass is 10.2. The summed E-state index contributed by atoms with van der Waals surface area (Å²) in [6, 6.07) is 5.36. The number of nitro groups is 1. The summed E-state index contributed by atoms with van der Waals surface area (Å²) in [5, 5.41) is 22.5. The van der Waals surface area contributed by atoms with Gasteiger partial charge in [0, 0.05) is 17.9 Å². The molecule has 7 nitrogen and oxygen atoms in total. The number of hydrogen-bond acceptors (Lipinski definition) is 6. The molecule has 1 unspecified atom stereocenters. The highest BCUT2D eigenvalue weighted by atomic mass is 32.2. The van der Waals surface area contributed by atoms with Crippen LogP contribution in [0.5, 0.6) is 0 Å². The van der Waals surface area contributed by atoms with Crippen LogP contribution in [0, 0.1) is 21.4 Å². The summed E-state index contributed by atoms with van der Waals surface area (Å²) in [5.74, 6) is -0.0882. The van der Waals surface area contributed by atoms with Gasteiger partial charge >= 0.3 is 0 Å². The lowest BCUT2D eigenvalue weighted by Crippen LogP contribution is -2.27. The normalized spacial score (nSPS) is 12.4. The number of anilines is 1. The molecular formula is C12H15N3O4S. The van der Waals surface area contributed by atoms with Gasteiger partial charge in [0.2, 0.25) is 0 Å². The molecule has 1 aromatic rings. The molecule has 8 heteroatoms. The Hall–Kier alpha value is -2.14. The number of rotatable bonds is 6. The lowest BCUT2D eigenvalue weighted by Gasteiger charge is -2.15. The summed E-state index contributed by atoms with van der Waals surface area (Å²) in [7, 11) is -3.17. The number of benzene rings is 1. The molecule has 0 fully saturated rings. The topological polar surface area (TPSA) is 113 Å². The number of hydrogen-bond donors (Lipinski definition) is 1. The number of nitrogens with zero attached hydrogens (tertiary/aromatic N) is 2. The molecule has 108 valence electrons. The Morgan fingerprint density at radius 1 is 1.50 bits per heavy atom. The quantitative estimate of drug-likeness (QED) is 0.631. The van der Waals surface area contributed by atoms with Crippen LogP contribution < -0.4 is 5.32 Å². The van der Waals surface area contributed by atoms with Gasteiger partial charge < -0.3 is 5.32 Å². The predicted octanol–water partition coefficient (Wildman–Crippen LogP) is 1.70. The molecule has 0 bridgehead atoms. The number of nitriles is 1. The van der Waals surface area contributed by atoms with Gasteiger partial charge in [-0.1, -0.05) is 6.92 Å². The van der Waals surface area contributed by atoms with Gasteiger partial charge in [-0.15, -0.1) is 0 Å².